The van der Waals surface area contributed by atoms with Crippen LogP contribution in [0.1, 0.15) is 24.8 Å². The average Bonchev–Trinajstić information content (AvgIpc) is 2.73. The average molecular weight is 382 g/mol. The van der Waals surface area contributed by atoms with Gasteiger partial charge in [0, 0.05) is 24.7 Å². The third-order valence-electron chi connectivity index (χ3n) is 4.67. The van der Waals surface area contributed by atoms with E-state index in [4.69, 9.17) is 15.2 Å². The molecule has 0 atom stereocenters. The number of anilines is 2. The predicted octanol–water partition coefficient (Wildman–Crippen LogP) is 3.15. The molecule has 0 aromatic heterocycles. The van der Waals surface area contributed by atoms with E-state index in [-0.39, 0.29) is 11.9 Å². The number of aliphatic imine (C=N–C) groups is 1. The van der Waals surface area contributed by atoms with E-state index in [9.17, 15) is 4.79 Å². The zero-order valence-corrected chi connectivity index (χ0v) is 16.3. The highest BCUT2D eigenvalue weighted by Gasteiger charge is 2.19. The number of benzene rings is 2. The van der Waals surface area contributed by atoms with Gasteiger partial charge in [-0.2, -0.15) is 0 Å². The maximum absolute atomic E-state index is 12.0. The molecule has 0 radical (unpaired) electrons. The molecule has 1 saturated heterocycles. The Hall–Kier alpha value is -3.22. The summed E-state index contributed by atoms with van der Waals surface area (Å²) in [5.74, 6) is 1.81. The number of ether oxygens (including phenoxy) is 2. The molecule has 28 heavy (non-hydrogen) atoms. The minimum absolute atomic E-state index is 0.192. The van der Waals surface area contributed by atoms with E-state index in [2.05, 4.69) is 10.3 Å². The number of carbonyl (C=O) groups excluding carboxylic acids is 1. The van der Waals surface area contributed by atoms with Crippen molar-refractivity contribution in [2.24, 2.45) is 10.7 Å². The number of nitrogens with two attached hydrogens (primary N) is 1. The Morgan fingerprint density at radius 1 is 1.14 bits per heavy atom. The summed E-state index contributed by atoms with van der Waals surface area (Å²) in [4.78, 5) is 18.3. The Labute approximate surface area is 165 Å². The summed E-state index contributed by atoms with van der Waals surface area (Å²) in [6, 6.07) is 13.3. The first kappa shape index (κ1) is 19.5. The van der Waals surface area contributed by atoms with Gasteiger partial charge in [0.15, 0.2) is 5.96 Å². The Morgan fingerprint density at radius 2 is 1.93 bits per heavy atom. The third kappa shape index (κ3) is 4.73. The van der Waals surface area contributed by atoms with Gasteiger partial charge in [-0.25, -0.2) is 4.99 Å². The second-order valence-corrected chi connectivity index (χ2v) is 6.56. The van der Waals surface area contributed by atoms with Crippen LogP contribution in [0.15, 0.2) is 47.5 Å². The number of nitrogens with zero attached hydrogens (tertiary/aromatic N) is 2. The van der Waals surface area contributed by atoms with Crippen molar-refractivity contribution in [1.29, 1.82) is 0 Å². The van der Waals surface area contributed by atoms with E-state index < -0.39 is 0 Å². The molecule has 0 unspecified atom stereocenters. The van der Waals surface area contributed by atoms with Gasteiger partial charge in [0.05, 0.1) is 26.5 Å². The van der Waals surface area contributed by atoms with Gasteiger partial charge in [-0.15, -0.1) is 0 Å². The summed E-state index contributed by atoms with van der Waals surface area (Å²) in [5.41, 5.74) is 8.65. The Kier molecular flexibility index (Phi) is 6.37. The Balaban J connectivity index is 1.64. The fourth-order valence-corrected chi connectivity index (χ4v) is 3.13. The molecule has 2 aromatic carbocycles. The van der Waals surface area contributed by atoms with Gasteiger partial charge >= 0.3 is 0 Å². The first-order chi connectivity index (χ1) is 13.6. The number of methoxy groups -OCH3 is 2. The van der Waals surface area contributed by atoms with E-state index >= 15 is 0 Å². The molecule has 148 valence electrons. The molecule has 7 nitrogen and oxygen atoms in total. The standard InChI is InChI=1S/C21H26N4O3/c1-27-17-10-11-19(28-2)18(13-17)24-21(22)23-14-15-6-8-16(9-7-15)25-12-4-3-5-20(25)26/h6-11,13H,3-5,12,14H2,1-2H3,(H3,22,23,24). The molecule has 0 bridgehead atoms. The normalized spacial score (nSPS) is 14.7. The fraction of sp³-hybridized carbons (Fsp3) is 0.333. The quantitative estimate of drug-likeness (QED) is 0.592. The van der Waals surface area contributed by atoms with E-state index in [1.165, 1.54) is 0 Å². The molecule has 0 spiro atoms. The summed E-state index contributed by atoms with van der Waals surface area (Å²) in [5, 5.41) is 3.05. The largest absolute Gasteiger partial charge is 0.497 e. The first-order valence-corrected chi connectivity index (χ1v) is 9.29. The minimum atomic E-state index is 0.192. The molecule has 1 amide bonds. The van der Waals surface area contributed by atoms with Crippen LogP contribution in [0.4, 0.5) is 11.4 Å². The molecule has 2 aromatic rings. The molecule has 0 saturated carbocycles. The summed E-state index contributed by atoms with van der Waals surface area (Å²) in [6.07, 6.45) is 2.65. The van der Waals surface area contributed by atoms with Gasteiger partial charge in [-0.1, -0.05) is 12.1 Å². The van der Waals surface area contributed by atoms with Gasteiger partial charge < -0.3 is 25.4 Å². The fourth-order valence-electron chi connectivity index (χ4n) is 3.13. The third-order valence-corrected chi connectivity index (χ3v) is 4.67. The van der Waals surface area contributed by atoms with Gasteiger partial charge in [0.2, 0.25) is 5.91 Å². The summed E-state index contributed by atoms with van der Waals surface area (Å²) in [6.45, 7) is 1.22. The van der Waals surface area contributed by atoms with Gasteiger partial charge in [0.25, 0.3) is 0 Å². The van der Waals surface area contributed by atoms with Crippen LogP contribution in [-0.2, 0) is 11.3 Å². The van der Waals surface area contributed by atoms with E-state index in [1.54, 1.807) is 26.4 Å². The SMILES string of the molecule is COc1ccc(OC)c(NC(N)=NCc2ccc(N3CCCCC3=O)cc2)c1. The summed E-state index contributed by atoms with van der Waals surface area (Å²) < 4.78 is 10.6. The number of hydrogen-bond acceptors (Lipinski definition) is 4. The molecule has 1 aliphatic heterocycles. The van der Waals surface area contributed by atoms with Crippen LogP contribution in [0.3, 0.4) is 0 Å². The molecule has 1 aliphatic rings. The highest BCUT2D eigenvalue weighted by atomic mass is 16.5. The van der Waals surface area contributed by atoms with Crippen LogP contribution in [0.5, 0.6) is 11.5 Å². The van der Waals surface area contributed by atoms with Gasteiger partial charge in [0.1, 0.15) is 11.5 Å². The molecule has 3 rings (SSSR count). The molecule has 7 heteroatoms. The number of amides is 1. The van der Waals surface area contributed by atoms with E-state index in [0.717, 1.165) is 30.6 Å². The highest BCUT2D eigenvalue weighted by Crippen LogP contribution is 2.28. The molecular formula is C21H26N4O3. The van der Waals surface area contributed by atoms with Crippen LogP contribution in [0.25, 0.3) is 0 Å². The van der Waals surface area contributed by atoms with Gasteiger partial charge in [-0.3, -0.25) is 4.79 Å². The maximum Gasteiger partial charge on any atom is 0.226 e. The second-order valence-electron chi connectivity index (χ2n) is 6.56. The van der Waals surface area contributed by atoms with Crippen molar-refractivity contribution in [2.45, 2.75) is 25.8 Å². The van der Waals surface area contributed by atoms with Crippen molar-refractivity contribution >= 4 is 23.2 Å². The van der Waals surface area contributed by atoms with Crippen LogP contribution >= 0.6 is 0 Å². The van der Waals surface area contributed by atoms with Crippen molar-refractivity contribution < 1.29 is 14.3 Å². The molecule has 3 N–H and O–H groups in total. The number of hydrogen-bond donors (Lipinski definition) is 2. The summed E-state index contributed by atoms with van der Waals surface area (Å²) >= 11 is 0. The van der Waals surface area contributed by atoms with E-state index in [0.29, 0.717) is 30.2 Å². The molecule has 1 fully saturated rings. The monoisotopic (exact) mass is 382 g/mol. The molecular weight excluding hydrogens is 356 g/mol. The molecule has 1 heterocycles. The zero-order valence-electron chi connectivity index (χ0n) is 16.3. The lowest BCUT2D eigenvalue weighted by Crippen LogP contribution is -2.35. The second kappa shape index (κ2) is 9.12. The highest BCUT2D eigenvalue weighted by molar-refractivity contribution is 5.94. The maximum atomic E-state index is 12.0. The van der Waals surface area contributed by atoms with Crippen LogP contribution < -0.4 is 25.4 Å². The van der Waals surface area contributed by atoms with Gasteiger partial charge in [-0.05, 0) is 42.7 Å². The number of rotatable bonds is 6. The van der Waals surface area contributed by atoms with Crippen molar-refractivity contribution in [2.75, 3.05) is 31.0 Å². The lowest BCUT2D eigenvalue weighted by Gasteiger charge is -2.26. The van der Waals surface area contributed by atoms with E-state index in [1.807, 2.05) is 35.2 Å². The van der Waals surface area contributed by atoms with Crippen LogP contribution in [0.2, 0.25) is 0 Å². The predicted molar refractivity (Wildman–Crippen MR) is 111 cm³/mol. The number of nitrogens with one attached hydrogen (secondary N) is 1. The topological polar surface area (TPSA) is 89.2 Å². The first-order valence-electron chi connectivity index (χ1n) is 9.29. The van der Waals surface area contributed by atoms with Crippen molar-refractivity contribution in [1.82, 2.24) is 0 Å². The van der Waals surface area contributed by atoms with Crippen molar-refractivity contribution in [3.05, 3.63) is 48.0 Å². The zero-order chi connectivity index (χ0) is 19.9. The van der Waals surface area contributed by atoms with Crippen LogP contribution in [-0.4, -0.2) is 32.6 Å². The van der Waals surface area contributed by atoms with Crippen LogP contribution in [0, 0.1) is 0 Å². The smallest absolute Gasteiger partial charge is 0.226 e. The number of carbonyl (C=O) groups is 1. The summed E-state index contributed by atoms with van der Waals surface area (Å²) in [7, 11) is 3.19. The Morgan fingerprint density at radius 3 is 2.61 bits per heavy atom. The minimum Gasteiger partial charge on any atom is -0.497 e. The Bertz CT molecular complexity index is 849. The number of guanidine groups is 1. The van der Waals surface area contributed by atoms with Crippen molar-refractivity contribution in [3.63, 3.8) is 0 Å². The van der Waals surface area contributed by atoms with Crippen molar-refractivity contribution in [3.8, 4) is 11.5 Å². The lowest BCUT2D eigenvalue weighted by atomic mass is 10.1. The molecule has 0 aliphatic carbocycles. The lowest BCUT2D eigenvalue weighted by molar-refractivity contribution is -0.119. The number of piperidine rings is 1.